The molecule has 0 atom stereocenters. The van der Waals surface area contributed by atoms with E-state index in [1.54, 1.807) is 29.3 Å². The maximum atomic E-state index is 13.4. The molecule has 0 aliphatic carbocycles. The maximum absolute atomic E-state index is 13.4. The van der Waals surface area contributed by atoms with Gasteiger partial charge in [0.2, 0.25) is 0 Å². The van der Waals surface area contributed by atoms with E-state index in [-0.39, 0.29) is 24.2 Å². The van der Waals surface area contributed by atoms with Crippen LogP contribution in [0.25, 0.3) is 0 Å². The summed E-state index contributed by atoms with van der Waals surface area (Å²) in [6, 6.07) is 7.72. The number of rotatable bonds is 4. The van der Waals surface area contributed by atoms with Crippen LogP contribution < -0.4 is 5.56 Å². The molecule has 1 saturated heterocycles. The Labute approximate surface area is 175 Å². The molecule has 0 unspecified atom stereocenters. The molecule has 1 aromatic carbocycles. The van der Waals surface area contributed by atoms with Crippen LogP contribution >= 0.6 is 0 Å². The summed E-state index contributed by atoms with van der Waals surface area (Å²) >= 11 is 0. The lowest BCUT2D eigenvalue weighted by Gasteiger charge is -2.35. The number of nitrogens with zero attached hydrogens (tertiary/aromatic N) is 3. The van der Waals surface area contributed by atoms with Gasteiger partial charge in [-0.15, -0.1) is 0 Å². The predicted molar refractivity (Wildman–Crippen MR) is 111 cm³/mol. The summed E-state index contributed by atoms with van der Waals surface area (Å²) in [6.07, 6.45) is 1.28. The molecule has 0 spiro atoms. The number of aromatic nitrogens is 1. The van der Waals surface area contributed by atoms with Gasteiger partial charge >= 0.3 is 6.09 Å². The smallest absolute Gasteiger partial charge is 0.410 e. The van der Waals surface area contributed by atoms with Crippen molar-refractivity contribution in [3.63, 3.8) is 0 Å². The number of carbonyl (C=O) groups excluding carboxylic acids is 1. The van der Waals surface area contributed by atoms with Gasteiger partial charge in [0.15, 0.2) is 5.75 Å². The van der Waals surface area contributed by atoms with Gasteiger partial charge in [-0.25, -0.2) is 9.18 Å². The van der Waals surface area contributed by atoms with Crippen molar-refractivity contribution in [1.82, 2.24) is 14.4 Å². The van der Waals surface area contributed by atoms with Crippen LogP contribution in [0.1, 0.15) is 31.9 Å². The Morgan fingerprint density at radius 1 is 1.13 bits per heavy atom. The summed E-state index contributed by atoms with van der Waals surface area (Å²) < 4.78 is 20.1. The maximum Gasteiger partial charge on any atom is 0.410 e. The van der Waals surface area contributed by atoms with E-state index in [9.17, 15) is 19.1 Å². The Hall–Kier alpha value is -2.87. The van der Waals surface area contributed by atoms with Crippen LogP contribution in [0.5, 0.6) is 5.75 Å². The topological polar surface area (TPSA) is 75.0 Å². The number of benzene rings is 1. The first-order chi connectivity index (χ1) is 14.1. The average Bonchev–Trinajstić information content (AvgIpc) is 2.67. The largest absolute Gasteiger partial charge is 0.503 e. The van der Waals surface area contributed by atoms with Crippen LogP contribution in [0, 0.1) is 5.82 Å². The highest BCUT2D eigenvalue weighted by atomic mass is 19.1. The molecular formula is C22H28FN3O4. The third-order valence-electron chi connectivity index (χ3n) is 4.88. The van der Waals surface area contributed by atoms with E-state index >= 15 is 0 Å². The minimum atomic E-state index is -0.532. The number of ether oxygens (including phenoxy) is 1. The van der Waals surface area contributed by atoms with Crippen molar-refractivity contribution in [2.24, 2.45) is 0 Å². The number of aromatic hydroxyl groups is 1. The highest BCUT2D eigenvalue weighted by Gasteiger charge is 2.26. The van der Waals surface area contributed by atoms with Crippen LogP contribution in [0.4, 0.5) is 9.18 Å². The van der Waals surface area contributed by atoms with Crippen LogP contribution in [-0.4, -0.2) is 57.3 Å². The van der Waals surface area contributed by atoms with E-state index in [0.29, 0.717) is 43.9 Å². The lowest BCUT2D eigenvalue weighted by Crippen LogP contribution is -2.49. The summed E-state index contributed by atoms with van der Waals surface area (Å²) in [7, 11) is 0. The molecule has 0 radical (unpaired) electrons. The van der Waals surface area contributed by atoms with E-state index in [1.165, 1.54) is 16.7 Å². The Morgan fingerprint density at radius 2 is 1.83 bits per heavy atom. The summed E-state index contributed by atoms with van der Waals surface area (Å²) in [6.45, 7) is 8.36. The number of amides is 1. The molecule has 2 aromatic rings. The van der Waals surface area contributed by atoms with E-state index < -0.39 is 11.2 Å². The molecule has 30 heavy (non-hydrogen) atoms. The van der Waals surface area contributed by atoms with Gasteiger partial charge in [0.1, 0.15) is 11.4 Å². The molecule has 8 heteroatoms. The van der Waals surface area contributed by atoms with Crippen LogP contribution in [0.3, 0.4) is 0 Å². The second-order valence-electron chi connectivity index (χ2n) is 8.50. The van der Waals surface area contributed by atoms with Gasteiger partial charge < -0.3 is 19.3 Å². The summed E-state index contributed by atoms with van der Waals surface area (Å²) in [5.41, 5.74) is 0.128. The van der Waals surface area contributed by atoms with Gasteiger partial charge in [0, 0.05) is 44.5 Å². The van der Waals surface area contributed by atoms with Crippen LogP contribution in [0.15, 0.2) is 41.3 Å². The van der Waals surface area contributed by atoms with Gasteiger partial charge in [-0.05, 0) is 44.5 Å². The standard InChI is InChI=1S/C22H28FN3O4/c1-22(2,3)30-21(29)25-11-9-24(10-12-25)15-17-7-8-26(20(28)19(17)27)14-16-5-4-6-18(23)13-16/h4-8,13,27H,9-12,14-15H2,1-3H3. The molecule has 0 bridgehead atoms. The van der Waals surface area contributed by atoms with Gasteiger partial charge in [0.25, 0.3) is 5.56 Å². The molecule has 1 N–H and O–H groups in total. The third kappa shape index (κ3) is 5.60. The lowest BCUT2D eigenvalue weighted by atomic mass is 10.2. The van der Waals surface area contributed by atoms with Gasteiger partial charge in [0.05, 0.1) is 6.54 Å². The molecule has 7 nitrogen and oxygen atoms in total. The number of pyridine rings is 1. The zero-order valence-electron chi connectivity index (χ0n) is 17.6. The zero-order chi connectivity index (χ0) is 21.9. The molecule has 2 heterocycles. The monoisotopic (exact) mass is 417 g/mol. The Morgan fingerprint density at radius 3 is 2.47 bits per heavy atom. The number of hydrogen-bond acceptors (Lipinski definition) is 5. The summed E-state index contributed by atoms with van der Waals surface area (Å²) in [5.74, 6) is -0.671. The van der Waals surface area contributed by atoms with Crippen molar-refractivity contribution >= 4 is 6.09 Å². The SMILES string of the molecule is CC(C)(C)OC(=O)N1CCN(Cc2ccn(Cc3cccc(F)c3)c(=O)c2O)CC1. The zero-order valence-corrected chi connectivity index (χ0v) is 17.6. The first-order valence-corrected chi connectivity index (χ1v) is 9.98. The third-order valence-corrected chi connectivity index (χ3v) is 4.88. The van der Waals surface area contributed by atoms with E-state index in [2.05, 4.69) is 4.90 Å². The van der Waals surface area contributed by atoms with Crippen LogP contribution in [0.2, 0.25) is 0 Å². The van der Waals surface area contributed by atoms with Crippen molar-refractivity contribution in [2.45, 2.75) is 39.5 Å². The molecule has 1 aromatic heterocycles. The summed E-state index contributed by atoms with van der Waals surface area (Å²) in [5, 5.41) is 10.4. The predicted octanol–water partition coefficient (Wildman–Crippen LogP) is 2.79. The van der Waals surface area contributed by atoms with Gasteiger partial charge in [-0.3, -0.25) is 9.69 Å². The first-order valence-electron chi connectivity index (χ1n) is 9.98. The minimum absolute atomic E-state index is 0.180. The Kier molecular flexibility index (Phi) is 6.45. The Balaban J connectivity index is 1.61. The number of halogens is 1. The molecule has 0 saturated carbocycles. The van der Waals surface area contributed by atoms with Crippen molar-refractivity contribution in [1.29, 1.82) is 0 Å². The molecule has 3 rings (SSSR count). The quantitative estimate of drug-likeness (QED) is 0.828. The average molecular weight is 417 g/mol. The van der Waals surface area contributed by atoms with Gasteiger partial charge in [-0.1, -0.05) is 12.1 Å². The fourth-order valence-corrected chi connectivity index (χ4v) is 3.34. The first kappa shape index (κ1) is 21.8. The normalized spacial score (nSPS) is 15.3. The van der Waals surface area contributed by atoms with E-state index in [1.807, 2.05) is 20.8 Å². The Bertz CT molecular complexity index is 960. The molecular weight excluding hydrogens is 389 g/mol. The molecule has 1 aliphatic heterocycles. The highest BCUT2D eigenvalue weighted by Crippen LogP contribution is 2.17. The molecule has 1 fully saturated rings. The molecule has 162 valence electrons. The van der Waals surface area contributed by atoms with Crippen molar-refractivity contribution < 1.29 is 19.0 Å². The van der Waals surface area contributed by atoms with Crippen molar-refractivity contribution in [3.8, 4) is 5.75 Å². The fraction of sp³-hybridized carbons (Fsp3) is 0.455. The van der Waals surface area contributed by atoms with E-state index in [0.717, 1.165) is 0 Å². The molecule has 1 amide bonds. The number of carbonyl (C=O) groups is 1. The number of piperazine rings is 1. The molecule has 1 aliphatic rings. The van der Waals surface area contributed by atoms with Crippen LogP contribution in [-0.2, 0) is 17.8 Å². The highest BCUT2D eigenvalue weighted by molar-refractivity contribution is 5.68. The summed E-state index contributed by atoms with van der Waals surface area (Å²) in [4.78, 5) is 28.4. The van der Waals surface area contributed by atoms with Crippen molar-refractivity contribution in [2.75, 3.05) is 26.2 Å². The lowest BCUT2D eigenvalue weighted by molar-refractivity contribution is 0.0138. The van der Waals surface area contributed by atoms with E-state index in [4.69, 9.17) is 4.74 Å². The minimum Gasteiger partial charge on any atom is -0.503 e. The van der Waals surface area contributed by atoms with Crippen molar-refractivity contribution in [3.05, 3.63) is 63.8 Å². The fourth-order valence-electron chi connectivity index (χ4n) is 3.34. The second kappa shape index (κ2) is 8.87. The second-order valence-corrected chi connectivity index (χ2v) is 8.50. The number of hydrogen-bond donors (Lipinski definition) is 1. The van der Waals surface area contributed by atoms with Gasteiger partial charge in [-0.2, -0.15) is 0 Å².